The van der Waals surface area contributed by atoms with Gasteiger partial charge in [0.15, 0.2) is 0 Å². The number of halogens is 1. The van der Waals surface area contributed by atoms with Gasteiger partial charge in [-0.05, 0) is 42.5 Å². The van der Waals surface area contributed by atoms with Gasteiger partial charge in [-0.15, -0.1) is 5.10 Å². The molecule has 1 aromatic carbocycles. The van der Waals surface area contributed by atoms with E-state index in [0.717, 1.165) is 23.0 Å². The molecule has 0 bridgehead atoms. The Morgan fingerprint density at radius 3 is 2.75 bits per heavy atom. The smallest absolute Gasteiger partial charge is 0.253 e. The first kappa shape index (κ1) is 15.8. The topological polar surface area (TPSA) is 90.5 Å². The predicted molar refractivity (Wildman–Crippen MR) is 83.0 cm³/mol. The third-order valence-electron chi connectivity index (χ3n) is 3.88. The molecule has 2 aromatic heterocycles. The molecule has 24 heavy (non-hydrogen) atoms. The second-order valence-electron chi connectivity index (χ2n) is 5.37. The lowest BCUT2D eigenvalue weighted by Gasteiger charge is -2.10. The van der Waals surface area contributed by atoms with E-state index in [-0.39, 0.29) is 5.56 Å². The van der Waals surface area contributed by atoms with Crippen LogP contribution in [-0.4, -0.2) is 35.9 Å². The molecular weight excluding hydrogens is 313 g/mol. The summed E-state index contributed by atoms with van der Waals surface area (Å²) in [5.41, 5.74) is 3.30. The maximum Gasteiger partial charge on any atom is 0.253 e. The molecular formula is C15H16FN7O. The Labute approximate surface area is 137 Å². The number of carbonyl (C=O) groups is 1. The van der Waals surface area contributed by atoms with Crippen molar-refractivity contribution in [3.63, 3.8) is 0 Å². The van der Waals surface area contributed by atoms with Crippen LogP contribution in [-0.2, 0) is 13.6 Å². The molecule has 0 aliphatic heterocycles. The van der Waals surface area contributed by atoms with Gasteiger partial charge in [0.25, 0.3) is 5.91 Å². The highest BCUT2D eigenvalue weighted by Gasteiger charge is 2.16. The summed E-state index contributed by atoms with van der Waals surface area (Å²) in [5.74, 6) is -0.923. The average molecular weight is 329 g/mol. The molecule has 9 heteroatoms. The SMILES string of the molecule is Cc1nn(C)c(C)c1CNC(=O)c1cc(F)ccc1-n1cnnn1. The Morgan fingerprint density at radius 2 is 2.12 bits per heavy atom. The Hall–Kier alpha value is -3.10. The van der Waals surface area contributed by atoms with E-state index in [1.54, 1.807) is 4.68 Å². The van der Waals surface area contributed by atoms with Crippen LogP contribution in [0.3, 0.4) is 0 Å². The molecule has 8 nitrogen and oxygen atoms in total. The zero-order valence-corrected chi connectivity index (χ0v) is 13.5. The number of hydrogen-bond donors (Lipinski definition) is 1. The summed E-state index contributed by atoms with van der Waals surface area (Å²) >= 11 is 0. The third kappa shape index (κ3) is 2.87. The summed E-state index contributed by atoms with van der Waals surface area (Å²) in [4.78, 5) is 12.5. The summed E-state index contributed by atoms with van der Waals surface area (Å²) < 4.78 is 16.7. The summed E-state index contributed by atoms with van der Waals surface area (Å²) in [6, 6.07) is 3.87. The van der Waals surface area contributed by atoms with E-state index in [2.05, 4.69) is 25.9 Å². The van der Waals surface area contributed by atoms with Crippen molar-refractivity contribution < 1.29 is 9.18 Å². The van der Waals surface area contributed by atoms with Gasteiger partial charge >= 0.3 is 0 Å². The first-order valence-electron chi connectivity index (χ1n) is 7.27. The number of hydrogen-bond acceptors (Lipinski definition) is 5. The fourth-order valence-corrected chi connectivity index (χ4v) is 2.50. The average Bonchev–Trinajstić information content (AvgIpc) is 3.15. The third-order valence-corrected chi connectivity index (χ3v) is 3.88. The number of rotatable bonds is 4. The Balaban J connectivity index is 1.86. The van der Waals surface area contributed by atoms with Crippen LogP contribution in [0, 0.1) is 19.7 Å². The zero-order valence-electron chi connectivity index (χ0n) is 13.5. The molecule has 1 N–H and O–H groups in total. The Kier molecular flexibility index (Phi) is 4.07. The van der Waals surface area contributed by atoms with Crippen molar-refractivity contribution in [2.45, 2.75) is 20.4 Å². The highest BCUT2D eigenvalue weighted by Crippen LogP contribution is 2.16. The molecule has 0 aliphatic carbocycles. The van der Waals surface area contributed by atoms with Crippen LogP contribution in [0.5, 0.6) is 0 Å². The monoisotopic (exact) mass is 329 g/mol. The van der Waals surface area contributed by atoms with Crippen LogP contribution in [0.2, 0.25) is 0 Å². The van der Waals surface area contributed by atoms with E-state index >= 15 is 0 Å². The van der Waals surface area contributed by atoms with Gasteiger partial charge in [-0.3, -0.25) is 9.48 Å². The van der Waals surface area contributed by atoms with Gasteiger partial charge in [-0.2, -0.15) is 9.78 Å². The molecule has 0 fully saturated rings. The standard InChI is InChI=1S/C15H16FN7O/c1-9-13(10(2)22(3)19-9)7-17-15(24)12-6-11(16)4-5-14(12)23-8-18-20-21-23/h4-6,8H,7H2,1-3H3,(H,17,24). The van der Waals surface area contributed by atoms with Gasteiger partial charge in [0.1, 0.15) is 12.1 Å². The number of carbonyl (C=O) groups excluding carboxylic acids is 1. The summed E-state index contributed by atoms with van der Waals surface area (Å²) in [7, 11) is 1.84. The van der Waals surface area contributed by atoms with Crippen LogP contribution in [0.4, 0.5) is 4.39 Å². The zero-order chi connectivity index (χ0) is 17.3. The molecule has 3 rings (SSSR count). The van der Waals surface area contributed by atoms with Crippen molar-refractivity contribution in [1.82, 2.24) is 35.3 Å². The van der Waals surface area contributed by atoms with Gasteiger partial charge in [0, 0.05) is 24.8 Å². The minimum Gasteiger partial charge on any atom is -0.348 e. The maximum absolute atomic E-state index is 13.6. The molecule has 2 heterocycles. The van der Waals surface area contributed by atoms with Gasteiger partial charge < -0.3 is 5.32 Å². The molecule has 1 amide bonds. The van der Waals surface area contributed by atoms with Gasteiger partial charge in [0.2, 0.25) is 0 Å². The molecule has 0 spiro atoms. The molecule has 0 saturated heterocycles. The van der Waals surface area contributed by atoms with E-state index in [1.807, 2.05) is 20.9 Å². The number of nitrogens with one attached hydrogen (secondary N) is 1. The summed E-state index contributed by atoms with van der Waals surface area (Å²) in [6.45, 7) is 4.11. The Bertz CT molecular complexity index is 886. The molecule has 124 valence electrons. The van der Waals surface area contributed by atoms with Crippen LogP contribution >= 0.6 is 0 Å². The number of benzene rings is 1. The number of aromatic nitrogens is 6. The van der Waals surface area contributed by atoms with Crippen LogP contribution in [0.1, 0.15) is 27.3 Å². The minimum absolute atomic E-state index is 0.154. The van der Waals surface area contributed by atoms with Crippen molar-refractivity contribution in [2.75, 3.05) is 0 Å². The Morgan fingerprint density at radius 1 is 1.33 bits per heavy atom. The molecule has 0 radical (unpaired) electrons. The highest BCUT2D eigenvalue weighted by molar-refractivity contribution is 5.97. The molecule has 0 atom stereocenters. The quantitative estimate of drug-likeness (QED) is 0.773. The second kappa shape index (κ2) is 6.19. The first-order valence-corrected chi connectivity index (χ1v) is 7.27. The number of aryl methyl sites for hydroxylation is 2. The minimum atomic E-state index is -0.509. The lowest BCUT2D eigenvalue weighted by Crippen LogP contribution is -2.25. The lowest BCUT2D eigenvalue weighted by molar-refractivity contribution is 0.0950. The van der Waals surface area contributed by atoms with E-state index in [4.69, 9.17) is 0 Å². The number of nitrogens with zero attached hydrogens (tertiary/aromatic N) is 6. The predicted octanol–water partition coefficient (Wildman–Crippen LogP) is 1.08. The number of amides is 1. The van der Waals surface area contributed by atoms with Crippen LogP contribution in [0.15, 0.2) is 24.5 Å². The molecule has 0 unspecified atom stereocenters. The van der Waals surface area contributed by atoms with Gasteiger partial charge in [0.05, 0.1) is 16.9 Å². The van der Waals surface area contributed by atoms with Gasteiger partial charge in [-0.1, -0.05) is 0 Å². The van der Waals surface area contributed by atoms with Crippen molar-refractivity contribution >= 4 is 5.91 Å². The van der Waals surface area contributed by atoms with E-state index < -0.39 is 11.7 Å². The van der Waals surface area contributed by atoms with E-state index in [9.17, 15) is 9.18 Å². The fourth-order valence-electron chi connectivity index (χ4n) is 2.50. The van der Waals surface area contributed by atoms with Gasteiger partial charge in [-0.25, -0.2) is 4.39 Å². The lowest BCUT2D eigenvalue weighted by atomic mass is 10.1. The summed E-state index contributed by atoms with van der Waals surface area (Å²) in [6.07, 6.45) is 1.35. The normalized spacial score (nSPS) is 10.8. The van der Waals surface area contributed by atoms with Crippen molar-refractivity contribution in [2.24, 2.45) is 7.05 Å². The van der Waals surface area contributed by atoms with Crippen LogP contribution in [0.25, 0.3) is 5.69 Å². The maximum atomic E-state index is 13.6. The van der Waals surface area contributed by atoms with Crippen molar-refractivity contribution in [3.8, 4) is 5.69 Å². The van der Waals surface area contributed by atoms with Crippen molar-refractivity contribution in [3.05, 3.63) is 52.9 Å². The van der Waals surface area contributed by atoms with Crippen molar-refractivity contribution in [1.29, 1.82) is 0 Å². The molecule has 0 saturated carbocycles. The molecule has 0 aliphatic rings. The first-order chi connectivity index (χ1) is 11.5. The highest BCUT2D eigenvalue weighted by atomic mass is 19.1. The van der Waals surface area contributed by atoms with E-state index in [1.165, 1.54) is 23.1 Å². The second-order valence-corrected chi connectivity index (χ2v) is 5.37. The van der Waals surface area contributed by atoms with Crippen LogP contribution < -0.4 is 5.32 Å². The fraction of sp³-hybridized carbons (Fsp3) is 0.267. The number of tetrazole rings is 1. The largest absolute Gasteiger partial charge is 0.348 e. The molecule has 3 aromatic rings. The van der Waals surface area contributed by atoms with E-state index in [0.29, 0.717) is 12.2 Å². The summed E-state index contributed by atoms with van der Waals surface area (Å²) in [5, 5.41) is 17.9.